The molecule has 0 rings (SSSR count). The molecule has 0 spiro atoms. The Kier molecular flexibility index (Phi) is 3.92. The molecule has 50 valence electrons. The first-order chi connectivity index (χ1) is 4.22. The van der Waals surface area contributed by atoms with Gasteiger partial charge < -0.3 is 0 Å². The third-order valence-corrected chi connectivity index (χ3v) is 0.894. The molecule has 0 aliphatic carbocycles. The van der Waals surface area contributed by atoms with Crippen LogP contribution in [0.1, 0.15) is 6.92 Å². The molecule has 1 unspecified atom stereocenters. The van der Waals surface area contributed by atoms with Gasteiger partial charge in [-0.3, -0.25) is 9.32 Å². The van der Waals surface area contributed by atoms with E-state index in [4.69, 9.17) is 5.53 Å². The molecular formula is C3H5N2O3P. The lowest BCUT2D eigenvalue weighted by Crippen LogP contribution is -2.13. The molecule has 0 aliphatic rings. The second kappa shape index (κ2) is 4.23. The highest BCUT2D eigenvalue weighted by atomic mass is 31.1. The standard InChI is InChI=1S/C3H5N2O3P/c1-2(6)3(5-4)8-9-7/h3-4H,1H3. The van der Waals surface area contributed by atoms with E-state index >= 15 is 0 Å². The SMILES string of the molecule is CC(=O)C(N=N)OP=O. The van der Waals surface area contributed by atoms with Crippen molar-refractivity contribution in [1.82, 2.24) is 0 Å². The average Bonchev–Trinajstić information content (AvgIpc) is 1.82. The number of hydrogen-bond donors (Lipinski definition) is 1. The highest BCUT2D eigenvalue weighted by Crippen LogP contribution is 2.04. The fraction of sp³-hybridized carbons (Fsp3) is 0.667. The summed E-state index contributed by atoms with van der Waals surface area (Å²) in [5, 5.41) is 2.75. The van der Waals surface area contributed by atoms with Gasteiger partial charge in [-0.05, 0) is 6.92 Å². The molecule has 9 heavy (non-hydrogen) atoms. The zero-order valence-corrected chi connectivity index (χ0v) is 5.59. The predicted octanol–water partition coefficient (Wildman–Crippen LogP) is 1.16. The van der Waals surface area contributed by atoms with E-state index in [2.05, 4.69) is 9.64 Å². The number of ketones is 1. The Labute approximate surface area is 53.2 Å². The lowest BCUT2D eigenvalue weighted by molar-refractivity contribution is -0.123. The molecule has 5 nitrogen and oxygen atoms in total. The Morgan fingerprint density at radius 2 is 2.44 bits per heavy atom. The van der Waals surface area contributed by atoms with Gasteiger partial charge in [0, 0.05) is 0 Å². The van der Waals surface area contributed by atoms with E-state index in [0.29, 0.717) is 0 Å². The first-order valence-corrected chi connectivity index (χ1v) is 2.81. The maximum Gasteiger partial charge on any atom is 0.330 e. The first kappa shape index (κ1) is 8.33. The fourth-order valence-corrected chi connectivity index (χ4v) is 0.507. The molecule has 0 fully saturated rings. The van der Waals surface area contributed by atoms with E-state index in [0.717, 1.165) is 0 Å². The molecule has 1 atom stereocenters. The highest BCUT2D eigenvalue weighted by molar-refractivity contribution is 7.17. The summed E-state index contributed by atoms with van der Waals surface area (Å²) in [5.74, 6) is -0.437. The van der Waals surface area contributed by atoms with Crippen molar-refractivity contribution in [2.45, 2.75) is 13.2 Å². The van der Waals surface area contributed by atoms with Crippen molar-refractivity contribution in [2.24, 2.45) is 5.11 Å². The van der Waals surface area contributed by atoms with Crippen molar-refractivity contribution in [3.05, 3.63) is 0 Å². The van der Waals surface area contributed by atoms with E-state index in [9.17, 15) is 9.36 Å². The minimum absolute atomic E-state index is 0.437. The summed E-state index contributed by atoms with van der Waals surface area (Å²) in [6, 6.07) is 0. The van der Waals surface area contributed by atoms with Crippen LogP contribution in [0.25, 0.3) is 0 Å². The average molecular weight is 148 g/mol. The van der Waals surface area contributed by atoms with Crippen molar-refractivity contribution in [2.75, 3.05) is 0 Å². The predicted molar refractivity (Wildman–Crippen MR) is 28.3 cm³/mol. The zero-order chi connectivity index (χ0) is 7.28. The van der Waals surface area contributed by atoms with Gasteiger partial charge in [0.1, 0.15) is 0 Å². The third-order valence-electron chi connectivity index (χ3n) is 0.608. The Bertz CT molecular complexity index is 137. The van der Waals surface area contributed by atoms with Crippen LogP contribution in [0.5, 0.6) is 0 Å². The van der Waals surface area contributed by atoms with Gasteiger partial charge in [-0.1, -0.05) is 0 Å². The van der Waals surface area contributed by atoms with Crippen LogP contribution in [0, 0.1) is 5.53 Å². The summed E-state index contributed by atoms with van der Waals surface area (Å²) in [7, 11) is -0.634. The van der Waals surface area contributed by atoms with Crippen molar-refractivity contribution in [1.29, 1.82) is 5.53 Å². The minimum atomic E-state index is -1.20. The zero-order valence-electron chi connectivity index (χ0n) is 4.70. The molecule has 0 aromatic carbocycles. The molecule has 1 N–H and O–H groups in total. The molecule has 0 heterocycles. The van der Waals surface area contributed by atoms with Gasteiger partial charge in [-0.15, -0.1) is 0 Å². The molecule has 0 radical (unpaired) electrons. The largest absolute Gasteiger partial charge is 0.330 e. The van der Waals surface area contributed by atoms with E-state index in [-0.39, 0.29) is 0 Å². The van der Waals surface area contributed by atoms with Gasteiger partial charge in [0.05, 0.1) is 0 Å². The van der Waals surface area contributed by atoms with Gasteiger partial charge in [0.15, 0.2) is 5.78 Å². The third kappa shape index (κ3) is 3.00. The summed E-state index contributed by atoms with van der Waals surface area (Å²) in [5.41, 5.74) is 6.33. The molecule has 0 bridgehead atoms. The number of nitrogens with one attached hydrogen (secondary N) is 1. The van der Waals surface area contributed by atoms with E-state index in [1.165, 1.54) is 6.92 Å². The molecule has 6 heteroatoms. The number of Topliss-reactive ketones (excluding diaryl/α,β-unsaturated/α-hetero) is 1. The summed E-state index contributed by atoms with van der Waals surface area (Å²) in [6.07, 6.45) is -1.20. The second-order valence-corrected chi connectivity index (χ2v) is 1.63. The van der Waals surface area contributed by atoms with Crippen LogP contribution in [0.2, 0.25) is 0 Å². The van der Waals surface area contributed by atoms with Crippen LogP contribution in [-0.4, -0.2) is 12.0 Å². The fourth-order valence-electron chi connectivity index (χ4n) is 0.229. The van der Waals surface area contributed by atoms with Crippen LogP contribution in [-0.2, 0) is 13.9 Å². The lowest BCUT2D eigenvalue weighted by Gasteiger charge is -1.97. The lowest BCUT2D eigenvalue weighted by atomic mass is 10.4. The monoisotopic (exact) mass is 148 g/mol. The maximum atomic E-state index is 10.3. The van der Waals surface area contributed by atoms with Gasteiger partial charge >= 0.3 is 8.69 Å². The van der Waals surface area contributed by atoms with Crippen molar-refractivity contribution >= 4 is 14.5 Å². The Hall–Kier alpha value is -0.670. The Balaban J connectivity index is 3.81. The number of rotatable bonds is 4. The number of nitrogens with zero attached hydrogens (tertiary/aromatic N) is 1. The molecule has 0 saturated carbocycles. The molecule has 0 saturated heterocycles. The van der Waals surface area contributed by atoms with Crippen molar-refractivity contribution in [3.8, 4) is 0 Å². The topological polar surface area (TPSA) is 79.6 Å². The maximum absolute atomic E-state index is 10.3. The van der Waals surface area contributed by atoms with Crippen LogP contribution in [0.3, 0.4) is 0 Å². The van der Waals surface area contributed by atoms with Gasteiger partial charge in [0.25, 0.3) is 0 Å². The van der Waals surface area contributed by atoms with Crippen LogP contribution < -0.4 is 0 Å². The van der Waals surface area contributed by atoms with Gasteiger partial charge in [-0.25, -0.2) is 10.1 Å². The van der Waals surface area contributed by atoms with Gasteiger partial charge in [-0.2, -0.15) is 5.11 Å². The van der Waals surface area contributed by atoms with Crippen molar-refractivity contribution in [3.63, 3.8) is 0 Å². The molecular weight excluding hydrogens is 143 g/mol. The van der Waals surface area contributed by atoms with Crippen LogP contribution in [0.15, 0.2) is 5.11 Å². The van der Waals surface area contributed by atoms with Crippen molar-refractivity contribution < 1.29 is 13.9 Å². The Morgan fingerprint density at radius 1 is 1.89 bits per heavy atom. The number of carbonyl (C=O) groups excluding carboxylic acids is 1. The van der Waals surface area contributed by atoms with E-state index < -0.39 is 20.7 Å². The van der Waals surface area contributed by atoms with Crippen LogP contribution >= 0.6 is 8.69 Å². The van der Waals surface area contributed by atoms with Gasteiger partial charge in [0.2, 0.25) is 6.23 Å². The first-order valence-electron chi connectivity index (χ1n) is 2.08. The number of hydrogen-bond acceptors (Lipinski definition) is 5. The summed E-state index contributed by atoms with van der Waals surface area (Å²) in [4.78, 5) is 10.3. The molecule has 0 aliphatic heterocycles. The quantitative estimate of drug-likeness (QED) is 0.479. The molecule has 0 amide bonds. The smallest absolute Gasteiger partial charge is 0.295 e. The second-order valence-electron chi connectivity index (χ2n) is 1.27. The Morgan fingerprint density at radius 3 is 2.56 bits per heavy atom. The van der Waals surface area contributed by atoms with E-state index in [1.54, 1.807) is 0 Å². The molecule has 0 aromatic heterocycles. The normalized spacial score (nSPS) is 13.0. The minimum Gasteiger partial charge on any atom is -0.295 e. The highest BCUT2D eigenvalue weighted by Gasteiger charge is 2.11. The summed E-state index contributed by atoms with van der Waals surface area (Å²) in [6.45, 7) is 1.20. The van der Waals surface area contributed by atoms with E-state index in [1.807, 2.05) is 0 Å². The van der Waals surface area contributed by atoms with Crippen LogP contribution in [0.4, 0.5) is 0 Å². The summed E-state index contributed by atoms with van der Waals surface area (Å²) >= 11 is 0. The summed E-state index contributed by atoms with van der Waals surface area (Å²) < 4.78 is 13.8. The molecule has 0 aromatic rings. The number of carbonyl (C=O) groups is 1.